The fraction of sp³-hybridized carbons (Fsp3) is 0.556. The van der Waals surface area contributed by atoms with E-state index in [0.29, 0.717) is 13.2 Å². The number of para-hydroxylation sites is 1. The first-order valence-corrected chi connectivity index (χ1v) is 12.9. The van der Waals surface area contributed by atoms with Crippen molar-refractivity contribution in [2.75, 3.05) is 42.6 Å². The van der Waals surface area contributed by atoms with Gasteiger partial charge in [-0.05, 0) is 43.5 Å². The van der Waals surface area contributed by atoms with E-state index in [1.54, 1.807) is 6.20 Å². The molecule has 182 valence electrons. The quantitative estimate of drug-likeness (QED) is 0.697. The van der Waals surface area contributed by atoms with Gasteiger partial charge in [-0.3, -0.25) is 9.69 Å². The van der Waals surface area contributed by atoms with E-state index in [1.807, 2.05) is 35.2 Å². The number of nitrogens with one attached hydrogen (secondary N) is 1. The van der Waals surface area contributed by atoms with Gasteiger partial charge >= 0.3 is 0 Å². The molecule has 1 aliphatic carbocycles. The molecule has 34 heavy (non-hydrogen) atoms. The number of nitrogens with zero attached hydrogens (tertiary/aromatic N) is 3. The molecule has 0 radical (unpaired) electrons. The lowest BCUT2D eigenvalue weighted by atomic mass is 9.87. The molecule has 0 spiro atoms. The molecule has 2 unspecified atom stereocenters. The summed E-state index contributed by atoms with van der Waals surface area (Å²) in [6, 6.07) is 12.1. The highest BCUT2D eigenvalue weighted by atomic mass is 16.6. The molecule has 1 N–H and O–H groups in total. The predicted octanol–water partition coefficient (Wildman–Crippen LogP) is 4.02. The topological polar surface area (TPSA) is 66.9 Å². The number of rotatable bonds is 6. The van der Waals surface area contributed by atoms with Crippen LogP contribution in [-0.4, -0.2) is 55.8 Å². The van der Waals surface area contributed by atoms with E-state index in [1.165, 1.54) is 6.42 Å². The van der Waals surface area contributed by atoms with E-state index in [9.17, 15) is 4.79 Å². The number of hydrogen-bond acceptors (Lipinski definition) is 6. The maximum absolute atomic E-state index is 14.0. The summed E-state index contributed by atoms with van der Waals surface area (Å²) >= 11 is 0. The lowest BCUT2D eigenvalue weighted by Gasteiger charge is -2.46. The van der Waals surface area contributed by atoms with Crippen molar-refractivity contribution in [1.82, 2.24) is 10.3 Å². The highest BCUT2D eigenvalue weighted by Crippen LogP contribution is 2.41. The normalized spacial score (nSPS) is 21.7. The third kappa shape index (κ3) is 4.58. The Hall–Kier alpha value is -2.80. The van der Waals surface area contributed by atoms with Crippen molar-refractivity contribution in [1.29, 1.82) is 0 Å². The van der Waals surface area contributed by atoms with E-state index in [2.05, 4.69) is 28.2 Å². The number of pyridine rings is 1. The molecule has 1 aromatic heterocycles. The number of benzene rings is 1. The molecule has 7 nitrogen and oxygen atoms in total. The lowest BCUT2D eigenvalue weighted by Crippen LogP contribution is -2.62. The summed E-state index contributed by atoms with van der Waals surface area (Å²) in [7, 11) is 0. The molecule has 1 saturated heterocycles. The Bertz CT molecular complexity index is 964. The van der Waals surface area contributed by atoms with Gasteiger partial charge in [0.05, 0.1) is 17.8 Å². The minimum absolute atomic E-state index is 0.0162. The molecule has 3 aliphatic rings. The van der Waals surface area contributed by atoms with Crippen molar-refractivity contribution in [2.24, 2.45) is 5.92 Å². The number of hydrogen-bond donors (Lipinski definition) is 1. The number of anilines is 2. The van der Waals surface area contributed by atoms with Gasteiger partial charge in [-0.15, -0.1) is 0 Å². The zero-order valence-electron chi connectivity index (χ0n) is 20.1. The molecule has 1 saturated carbocycles. The second-order valence-electron chi connectivity index (χ2n) is 9.47. The molecular weight excluding hydrogens is 428 g/mol. The average Bonchev–Trinajstić information content (AvgIpc) is 2.92. The zero-order chi connectivity index (χ0) is 23.3. The van der Waals surface area contributed by atoms with Crippen molar-refractivity contribution in [3.05, 3.63) is 42.6 Å². The highest BCUT2D eigenvalue weighted by molar-refractivity contribution is 5.95. The SMILES string of the molecule is CCC(C1CNCCN1c1cccc2c1OCCO2)N(C(=O)C1CCCCC1)c1ccccn1. The maximum atomic E-state index is 14.0. The first-order valence-electron chi connectivity index (χ1n) is 12.9. The summed E-state index contributed by atoms with van der Waals surface area (Å²) in [4.78, 5) is 23.1. The third-order valence-corrected chi connectivity index (χ3v) is 7.42. The molecular formula is C27H36N4O3. The number of amides is 1. The Morgan fingerprint density at radius 2 is 2.00 bits per heavy atom. The average molecular weight is 465 g/mol. The fourth-order valence-electron chi connectivity index (χ4n) is 5.77. The molecule has 5 rings (SSSR count). The first-order chi connectivity index (χ1) is 16.8. The van der Waals surface area contributed by atoms with E-state index < -0.39 is 0 Å². The minimum atomic E-state index is -0.0162. The zero-order valence-corrected chi connectivity index (χ0v) is 20.1. The molecule has 0 bridgehead atoms. The predicted molar refractivity (Wildman–Crippen MR) is 134 cm³/mol. The minimum Gasteiger partial charge on any atom is -0.486 e. The summed E-state index contributed by atoms with van der Waals surface area (Å²) in [6.07, 6.45) is 8.07. The Balaban J connectivity index is 1.52. The van der Waals surface area contributed by atoms with E-state index in [4.69, 9.17) is 9.47 Å². The van der Waals surface area contributed by atoms with Gasteiger partial charge in [0.15, 0.2) is 11.5 Å². The van der Waals surface area contributed by atoms with Crippen molar-refractivity contribution in [3.8, 4) is 11.5 Å². The van der Waals surface area contributed by atoms with E-state index in [0.717, 1.165) is 74.7 Å². The molecule has 2 aromatic rings. The molecule has 2 aliphatic heterocycles. The van der Waals surface area contributed by atoms with Crippen LogP contribution in [-0.2, 0) is 4.79 Å². The van der Waals surface area contributed by atoms with Crippen LogP contribution in [0.5, 0.6) is 11.5 Å². The number of fused-ring (bicyclic) bond motifs is 1. The van der Waals surface area contributed by atoms with Crippen molar-refractivity contribution in [2.45, 2.75) is 57.5 Å². The van der Waals surface area contributed by atoms with Gasteiger partial charge in [0.2, 0.25) is 5.91 Å². The second kappa shape index (κ2) is 10.6. The van der Waals surface area contributed by atoms with Crippen molar-refractivity contribution in [3.63, 3.8) is 0 Å². The van der Waals surface area contributed by atoms with E-state index >= 15 is 0 Å². The summed E-state index contributed by atoms with van der Waals surface area (Å²) in [5.41, 5.74) is 1.05. The summed E-state index contributed by atoms with van der Waals surface area (Å²) in [5, 5.41) is 3.58. The monoisotopic (exact) mass is 464 g/mol. The number of ether oxygens (including phenoxy) is 2. The number of carbonyl (C=O) groups excluding carboxylic acids is 1. The van der Waals surface area contributed by atoms with Gasteiger partial charge in [0.1, 0.15) is 19.0 Å². The van der Waals surface area contributed by atoms with Crippen LogP contribution < -0.4 is 24.6 Å². The van der Waals surface area contributed by atoms with Crippen LogP contribution in [0.4, 0.5) is 11.5 Å². The van der Waals surface area contributed by atoms with Crippen molar-refractivity contribution < 1.29 is 14.3 Å². The Morgan fingerprint density at radius 3 is 2.79 bits per heavy atom. The molecule has 3 heterocycles. The van der Waals surface area contributed by atoms with Gasteiger partial charge in [-0.25, -0.2) is 4.98 Å². The Morgan fingerprint density at radius 1 is 1.15 bits per heavy atom. The standard InChI is InChI=1S/C27H36N4O3/c1-2-21(31(25-13-6-7-14-29-25)27(32)20-9-4-3-5-10-20)23-19-28-15-16-30(23)22-11-8-12-24-26(22)34-18-17-33-24/h6-8,11-14,20-21,23,28H,2-5,9-10,15-19H2,1H3. The summed E-state index contributed by atoms with van der Waals surface area (Å²) in [5.74, 6) is 2.68. The summed E-state index contributed by atoms with van der Waals surface area (Å²) < 4.78 is 11.9. The summed E-state index contributed by atoms with van der Waals surface area (Å²) in [6.45, 7) is 5.83. The van der Waals surface area contributed by atoms with Gasteiger partial charge in [0, 0.05) is 31.7 Å². The third-order valence-electron chi connectivity index (χ3n) is 7.42. The van der Waals surface area contributed by atoms with Crippen LogP contribution in [0.3, 0.4) is 0 Å². The molecule has 2 fully saturated rings. The molecule has 2 atom stereocenters. The van der Waals surface area contributed by atoms with Crippen molar-refractivity contribution >= 4 is 17.4 Å². The van der Waals surface area contributed by atoms with Crippen LogP contribution in [0.2, 0.25) is 0 Å². The van der Waals surface area contributed by atoms with Gasteiger partial charge in [-0.2, -0.15) is 0 Å². The number of aromatic nitrogens is 1. The Labute approximate surface area is 202 Å². The maximum Gasteiger partial charge on any atom is 0.231 e. The van der Waals surface area contributed by atoms with Crippen LogP contribution in [0, 0.1) is 5.92 Å². The lowest BCUT2D eigenvalue weighted by molar-refractivity contribution is -0.124. The number of piperazine rings is 1. The smallest absolute Gasteiger partial charge is 0.231 e. The Kier molecular flexibility index (Phi) is 7.19. The van der Waals surface area contributed by atoms with Gasteiger partial charge in [-0.1, -0.05) is 38.3 Å². The fourth-order valence-corrected chi connectivity index (χ4v) is 5.77. The first kappa shape index (κ1) is 23.0. The molecule has 1 aromatic carbocycles. The van der Waals surface area contributed by atoms with Gasteiger partial charge < -0.3 is 19.7 Å². The van der Waals surface area contributed by atoms with Crippen LogP contribution in [0.1, 0.15) is 45.4 Å². The molecule has 7 heteroatoms. The van der Waals surface area contributed by atoms with Crippen LogP contribution in [0.25, 0.3) is 0 Å². The highest BCUT2D eigenvalue weighted by Gasteiger charge is 2.40. The largest absolute Gasteiger partial charge is 0.486 e. The van der Waals surface area contributed by atoms with Gasteiger partial charge in [0.25, 0.3) is 0 Å². The van der Waals surface area contributed by atoms with Crippen LogP contribution >= 0.6 is 0 Å². The second-order valence-corrected chi connectivity index (χ2v) is 9.47. The molecule has 1 amide bonds. The number of carbonyl (C=O) groups is 1. The van der Waals surface area contributed by atoms with Crippen LogP contribution in [0.15, 0.2) is 42.6 Å². The van der Waals surface area contributed by atoms with E-state index in [-0.39, 0.29) is 23.9 Å².